The maximum Gasteiger partial charge on any atom is 0.149 e. The number of aromatic nitrogens is 2. The summed E-state index contributed by atoms with van der Waals surface area (Å²) in [4.78, 5) is 0. The van der Waals surface area contributed by atoms with E-state index in [1.165, 1.54) is 31.2 Å². The molecule has 0 amide bonds. The molecule has 1 aromatic carbocycles. The second kappa shape index (κ2) is 7.00. The van der Waals surface area contributed by atoms with Gasteiger partial charge < -0.3 is 15.4 Å². The Hall–Kier alpha value is -2.14. The zero-order valence-corrected chi connectivity index (χ0v) is 15.0. The quantitative estimate of drug-likeness (QED) is 0.874. The monoisotopic (exact) mass is 338 g/mol. The van der Waals surface area contributed by atoms with E-state index in [2.05, 4.69) is 52.0 Å². The summed E-state index contributed by atoms with van der Waals surface area (Å²) in [6, 6.07) is 9.01. The zero-order valence-electron chi connectivity index (χ0n) is 15.0. The highest BCUT2D eigenvalue weighted by molar-refractivity contribution is 5.71. The molecule has 5 nitrogen and oxygen atoms in total. The largest absolute Gasteiger partial charge is 0.496 e. The van der Waals surface area contributed by atoms with Gasteiger partial charge in [-0.2, -0.15) is 0 Å². The van der Waals surface area contributed by atoms with Crippen LogP contribution in [0.4, 0.5) is 5.82 Å². The van der Waals surface area contributed by atoms with Gasteiger partial charge in [-0.15, -0.1) is 10.2 Å². The summed E-state index contributed by atoms with van der Waals surface area (Å²) in [5.41, 5.74) is 4.39. The summed E-state index contributed by atoms with van der Waals surface area (Å²) in [6.45, 7) is 4.18. The first-order chi connectivity index (χ1) is 12.2. The van der Waals surface area contributed by atoms with Crippen LogP contribution in [0.2, 0.25) is 0 Å². The van der Waals surface area contributed by atoms with E-state index in [0.717, 1.165) is 41.5 Å². The second-order valence-electron chi connectivity index (χ2n) is 7.18. The second-order valence-corrected chi connectivity index (χ2v) is 7.18. The van der Waals surface area contributed by atoms with Crippen LogP contribution in [0.25, 0.3) is 11.3 Å². The number of benzene rings is 1. The van der Waals surface area contributed by atoms with Crippen LogP contribution in [0.1, 0.15) is 42.7 Å². The van der Waals surface area contributed by atoms with Gasteiger partial charge in [0.15, 0.2) is 0 Å². The third kappa shape index (κ3) is 3.61. The van der Waals surface area contributed by atoms with Crippen molar-refractivity contribution in [2.24, 2.45) is 0 Å². The third-order valence-electron chi connectivity index (χ3n) is 5.16. The van der Waals surface area contributed by atoms with E-state index in [4.69, 9.17) is 4.74 Å². The number of nitrogens with zero attached hydrogens (tertiary/aromatic N) is 2. The van der Waals surface area contributed by atoms with Crippen molar-refractivity contribution >= 4 is 5.82 Å². The van der Waals surface area contributed by atoms with Gasteiger partial charge in [0.1, 0.15) is 11.6 Å². The lowest BCUT2D eigenvalue weighted by atomic mass is 10.0. The molecule has 2 aliphatic rings. The topological polar surface area (TPSA) is 59.1 Å². The number of rotatable bonds is 5. The van der Waals surface area contributed by atoms with E-state index in [-0.39, 0.29) is 0 Å². The standard InChI is InChI=1S/C20H26N4O/c1-13-10-19(22-16-4-3-9-21-12-16)23-24-20(13)17-8-7-15(14-5-6-14)11-18(17)25-2/h7-8,10-11,14,16,21H,3-6,9,12H2,1-2H3,(H,22,23)/t16-/m1/s1. The van der Waals surface area contributed by atoms with E-state index >= 15 is 0 Å². The normalized spacial score (nSPS) is 20.3. The molecular formula is C20H26N4O. The molecule has 2 N–H and O–H groups in total. The van der Waals surface area contributed by atoms with E-state index in [9.17, 15) is 0 Å². The molecule has 0 unspecified atom stereocenters. The van der Waals surface area contributed by atoms with Gasteiger partial charge in [-0.3, -0.25) is 0 Å². The molecule has 0 radical (unpaired) electrons. The van der Waals surface area contributed by atoms with E-state index in [1.54, 1.807) is 7.11 Å². The molecule has 0 bridgehead atoms. The van der Waals surface area contributed by atoms with Gasteiger partial charge in [0, 0.05) is 18.2 Å². The van der Waals surface area contributed by atoms with Crippen LogP contribution in [0.3, 0.4) is 0 Å². The molecule has 1 saturated carbocycles. The zero-order chi connectivity index (χ0) is 17.2. The molecule has 1 atom stereocenters. The van der Waals surface area contributed by atoms with Gasteiger partial charge in [-0.1, -0.05) is 6.07 Å². The van der Waals surface area contributed by atoms with E-state index in [0.29, 0.717) is 12.0 Å². The number of piperidine rings is 1. The fourth-order valence-electron chi connectivity index (χ4n) is 3.58. The van der Waals surface area contributed by atoms with Crippen molar-refractivity contribution in [2.45, 2.75) is 44.6 Å². The molecule has 1 saturated heterocycles. The average Bonchev–Trinajstić information content (AvgIpc) is 3.48. The van der Waals surface area contributed by atoms with Gasteiger partial charge in [-0.05, 0) is 74.4 Å². The average molecular weight is 338 g/mol. The van der Waals surface area contributed by atoms with Crippen LogP contribution in [0, 0.1) is 6.92 Å². The first kappa shape index (κ1) is 16.3. The van der Waals surface area contributed by atoms with E-state index in [1.807, 2.05) is 0 Å². The maximum absolute atomic E-state index is 5.63. The smallest absolute Gasteiger partial charge is 0.149 e. The number of hydrogen-bond acceptors (Lipinski definition) is 5. The van der Waals surface area contributed by atoms with Gasteiger partial charge in [0.2, 0.25) is 0 Å². The van der Waals surface area contributed by atoms with Crippen molar-refractivity contribution in [1.29, 1.82) is 0 Å². The van der Waals surface area contributed by atoms with Crippen LogP contribution in [0.15, 0.2) is 24.3 Å². The molecular weight excluding hydrogens is 312 g/mol. The van der Waals surface area contributed by atoms with Crippen molar-refractivity contribution in [1.82, 2.24) is 15.5 Å². The molecule has 132 valence electrons. The van der Waals surface area contributed by atoms with Crippen molar-refractivity contribution in [2.75, 3.05) is 25.5 Å². The van der Waals surface area contributed by atoms with Gasteiger partial charge in [-0.25, -0.2) is 0 Å². The summed E-state index contributed by atoms with van der Waals surface area (Å²) in [5, 5.41) is 15.8. The lowest BCUT2D eigenvalue weighted by Gasteiger charge is -2.24. The first-order valence-electron chi connectivity index (χ1n) is 9.24. The van der Waals surface area contributed by atoms with Crippen molar-refractivity contribution in [3.63, 3.8) is 0 Å². The predicted molar refractivity (Wildman–Crippen MR) is 100 cm³/mol. The first-order valence-corrected chi connectivity index (χ1v) is 9.24. The Bertz CT molecular complexity index is 751. The highest BCUT2D eigenvalue weighted by Crippen LogP contribution is 2.43. The number of anilines is 1. The summed E-state index contributed by atoms with van der Waals surface area (Å²) < 4.78 is 5.63. The number of hydrogen-bond donors (Lipinski definition) is 2. The van der Waals surface area contributed by atoms with Crippen LogP contribution in [-0.4, -0.2) is 36.4 Å². The van der Waals surface area contributed by atoms with Crippen LogP contribution in [0.5, 0.6) is 5.75 Å². The molecule has 25 heavy (non-hydrogen) atoms. The molecule has 2 aromatic rings. The Labute approximate surface area is 149 Å². The molecule has 0 spiro atoms. The maximum atomic E-state index is 5.63. The number of aryl methyl sites for hydroxylation is 1. The molecule has 1 aromatic heterocycles. The fourth-order valence-corrected chi connectivity index (χ4v) is 3.58. The Morgan fingerprint density at radius 3 is 2.72 bits per heavy atom. The SMILES string of the molecule is COc1cc(C2CC2)ccc1-c1nnc(N[C@@H]2CCCNC2)cc1C. The summed E-state index contributed by atoms with van der Waals surface area (Å²) in [7, 11) is 1.73. The Kier molecular flexibility index (Phi) is 4.57. The Balaban J connectivity index is 1.57. The lowest BCUT2D eigenvalue weighted by molar-refractivity contribution is 0.415. The van der Waals surface area contributed by atoms with Crippen LogP contribution < -0.4 is 15.4 Å². The predicted octanol–water partition coefficient (Wildman–Crippen LogP) is 3.50. The summed E-state index contributed by atoms with van der Waals surface area (Å²) >= 11 is 0. The highest BCUT2D eigenvalue weighted by atomic mass is 16.5. The summed E-state index contributed by atoms with van der Waals surface area (Å²) in [5.74, 6) is 2.45. The molecule has 1 aliphatic carbocycles. The summed E-state index contributed by atoms with van der Waals surface area (Å²) in [6.07, 6.45) is 4.95. The molecule has 2 heterocycles. The Morgan fingerprint density at radius 1 is 1.16 bits per heavy atom. The minimum atomic E-state index is 0.431. The van der Waals surface area contributed by atoms with Gasteiger partial charge >= 0.3 is 0 Å². The molecule has 5 heteroatoms. The van der Waals surface area contributed by atoms with Crippen LogP contribution in [-0.2, 0) is 0 Å². The van der Waals surface area contributed by atoms with Gasteiger partial charge in [0.05, 0.1) is 12.8 Å². The minimum Gasteiger partial charge on any atom is -0.496 e. The number of methoxy groups -OCH3 is 1. The minimum absolute atomic E-state index is 0.431. The fraction of sp³-hybridized carbons (Fsp3) is 0.500. The molecule has 2 fully saturated rings. The van der Waals surface area contributed by atoms with Gasteiger partial charge in [0.25, 0.3) is 0 Å². The molecule has 1 aliphatic heterocycles. The van der Waals surface area contributed by atoms with E-state index < -0.39 is 0 Å². The third-order valence-corrected chi connectivity index (χ3v) is 5.16. The highest BCUT2D eigenvalue weighted by Gasteiger charge is 2.25. The molecule has 4 rings (SSSR count). The van der Waals surface area contributed by atoms with Crippen molar-refractivity contribution in [3.05, 3.63) is 35.4 Å². The number of nitrogens with one attached hydrogen (secondary N) is 2. The number of ether oxygens (including phenoxy) is 1. The lowest BCUT2D eigenvalue weighted by Crippen LogP contribution is -2.38. The van der Waals surface area contributed by atoms with Crippen LogP contribution >= 0.6 is 0 Å². The van der Waals surface area contributed by atoms with Crippen molar-refractivity contribution < 1.29 is 4.74 Å². The van der Waals surface area contributed by atoms with Crippen molar-refractivity contribution in [3.8, 4) is 17.0 Å². The Morgan fingerprint density at radius 2 is 2.04 bits per heavy atom.